The predicted molar refractivity (Wildman–Crippen MR) is 213 cm³/mol. The minimum absolute atomic E-state index is 0. The van der Waals surface area contributed by atoms with E-state index in [1.54, 1.807) is 182 Å². The Morgan fingerprint density at radius 2 is 0.397 bits per heavy atom. The van der Waals surface area contributed by atoms with Crippen molar-refractivity contribution in [2.45, 2.75) is 16.8 Å². The summed E-state index contributed by atoms with van der Waals surface area (Å²) < 4.78 is 0. The minimum Gasteiger partial charge on any atom is -0.546 e. The van der Waals surface area contributed by atoms with E-state index in [0.29, 0.717) is 0 Å². The van der Waals surface area contributed by atoms with Crippen molar-refractivity contribution in [3.63, 3.8) is 0 Å². The topological polar surface area (TPSA) is 391 Å². The van der Waals surface area contributed by atoms with Crippen LogP contribution in [0, 0.1) is 0 Å². The van der Waals surface area contributed by atoms with Crippen molar-refractivity contribution in [3.8, 4) is 0 Å². The van der Waals surface area contributed by atoms with Gasteiger partial charge in [0.05, 0.1) is 17.9 Å². The van der Waals surface area contributed by atoms with Crippen molar-refractivity contribution in [2.24, 2.45) is 0 Å². The van der Waals surface area contributed by atoms with E-state index >= 15 is 0 Å². The first kappa shape index (κ1) is 58.6. The molecule has 0 saturated heterocycles. The Balaban J connectivity index is -0.000000356. The molecule has 0 atom stereocenters. The molecule has 6 aromatic carbocycles. The molecule has 0 bridgehead atoms. The molecule has 0 saturated carbocycles. The van der Waals surface area contributed by atoms with Crippen LogP contribution in [0.3, 0.4) is 0 Å². The number of carbonyl (C=O) groups is 3. The van der Waals surface area contributed by atoms with Crippen LogP contribution in [-0.4, -0.2) is 33.2 Å². The number of aliphatic hydroxyl groups is 3. The van der Waals surface area contributed by atoms with E-state index in [-0.39, 0.29) is 87.1 Å². The molecule has 0 aliphatic carbocycles. The number of hydrogen-bond donors (Lipinski definition) is 9. The molecule has 0 radical (unpaired) electrons. The van der Waals surface area contributed by atoms with Gasteiger partial charge in [-0.3, -0.25) is 0 Å². The molecule has 0 aliphatic heterocycles. The third-order valence-corrected chi connectivity index (χ3v) is 8.04. The van der Waals surface area contributed by atoms with Crippen LogP contribution in [0.4, 0.5) is 0 Å². The SMILES string of the molecule is N.N.N.N.N.N.O=C([O-])C(O)(c1ccccc1)c1ccccc1.O=C([O-])C(O)(c1ccccc1)c1ccccc1.O=C([O-])C(O)(c1ccccc1)c1ccccc1.[Co+3]. The molecule has 16 heteroatoms. The second kappa shape index (κ2) is 26.7. The first-order valence-corrected chi connectivity index (χ1v) is 15.6. The molecule has 0 aliphatic rings. The van der Waals surface area contributed by atoms with Crippen molar-refractivity contribution >= 4 is 17.9 Å². The standard InChI is InChI=1S/3C14H12O3.Co.6H3N/c3*15-13(16)14(17,11-7-3-1-4-8-11)12-9-5-2-6-10-12;;;;;;;/h3*1-10,17H,(H,15,16);;6*1H3/q;;;+3;;;;;;/p-3. The number of benzene rings is 6. The van der Waals surface area contributed by atoms with Crippen LogP contribution in [0.25, 0.3) is 0 Å². The third kappa shape index (κ3) is 13.0. The summed E-state index contributed by atoms with van der Waals surface area (Å²) in [6.45, 7) is 0. The molecule has 58 heavy (non-hydrogen) atoms. The van der Waals surface area contributed by atoms with Crippen molar-refractivity contribution in [3.05, 3.63) is 215 Å². The van der Waals surface area contributed by atoms with Gasteiger partial charge in [0.25, 0.3) is 0 Å². The van der Waals surface area contributed by atoms with Gasteiger partial charge >= 0.3 is 16.8 Å². The molecule has 0 spiro atoms. The van der Waals surface area contributed by atoms with E-state index in [4.69, 9.17) is 0 Å². The maximum atomic E-state index is 11.3. The fourth-order valence-corrected chi connectivity index (χ4v) is 5.28. The summed E-state index contributed by atoms with van der Waals surface area (Å²) in [4.78, 5) is 33.8. The van der Waals surface area contributed by atoms with E-state index in [0.717, 1.165) is 0 Å². The van der Waals surface area contributed by atoms with E-state index < -0.39 is 34.7 Å². The van der Waals surface area contributed by atoms with E-state index in [2.05, 4.69) is 0 Å². The van der Waals surface area contributed by atoms with Crippen molar-refractivity contribution in [1.29, 1.82) is 0 Å². The van der Waals surface area contributed by atoms with E-state index in [1.807, 2.05) is 0 Å². The van der Waals surface area contributed by atoms with Gasteiger partial charge in [0, 0.05) is 0 Å². The van der Waals surface area contributed by atoms with Crippen LogP contribution in [0.2, 0.25) is 0 Å². The Kier molecular flexibility index (Phi) is 26.9. The Morgan fingerprint density at radius 3 is 0.483 bits per heavy atom. The van der Waals surface area contributed by atoms with Gasteiger partial charge in [-0.1, -0.05) is 182 Å². The molecule has 0 unspecified atom stereocenters. The fourth-order valence-electron chi connectivity index (χ4n) is 5.28. The van der Waals surface area contributed by atoms with E-state index in [1.165, 1.54) is 0 Å². The molecular weight excluding hydrogens is 791 g/mol. The molecule has 21 N–H and O–H groups in total. The Morgan fingerprint density at radius 1 is 0.293 bits per heavy atom. The van der Waals surface area contributed by atoms with Crippen LogP contribution in [0.15, 0.2) is 182 Å². The zero-order chi connectivity index (χ0) is 36.9. The molecule has 6 rings (SSSR count). The summed E-state index contributed by atoms with van der Waals surface area (Å²) in [5.41, 5.74) is -4.62. The number of rotatable bonds is 9. The first-order valence-electron chi connectivity index (χ1n) is 15.6. The number of aliphatic carboxylic acids is 3. The van der Waals surface area contributed by atoms with Crippen LogP contribution in [-0.2, 0) is 48.0 Å². The maximum Gasteiger partial charge on any atom is 3.00 e. The van der Waals surface area contributed by atoms with Crippen LogP contribution in [0.5, 0.6) is 0 Å². The molecule has 15 nitrogen and oxygen atoms in total. The molecule has 0 fully saturated rings. The molecule has 0 amide bonds. The minimum atomic E-state index is -2.11. The van der Waals surface area contributed by atoms with Crippen molar-refractivity contribution in [1.82, 2.24) is 36.9 Å². The summed E-state index contributed by atoms with van der Waals surface area (Å²) in [5, 5.41) is 64.9. The van der Waals surface area contributed by atoms with Gasteiger partial charge in [0.2, 0.25) is 0 Å². The molecular formula is C42H51CoN6O9. The average molecular weight is 843 g/mol. The zero-order valence-electron chi connectivity index (χ0n) is 31.7. The van der Waals surface area contributed by atoms with Gasteiger partial charge in [-0.05, 0) is 33.4 Å². The Bertz CT molecular complexity index is 1670. The van der Waals surface area contributed by atoms with Gasteiger partial charge in [0.15, 0.2) is 16.8 Å². The number of carboxylic acids is 3. The number of hydrogen-bond acceptors (Lipinski definition) is 15. The monoisotopic (exact) mass is 842 g/mol. The predicted octanol–water partition coefficient (Wildman–Crippen LogP) is 2.99. The third-order valence-electron chi connectivity index (χ3n) is 8.04. The largest absolute Gasteiger partial charge is 3.00 e. The Hall–Kier alpha value is -6.12. The number of carboxylic acid groups (broad SMARTS) is 3. The summed E-state index contributed by atoms with van der Waals surface area (Å²) in [5.74, 6) is -4.60. The summed E-state index contributed by atoms with van der Waals surface area (Å²) in [6.07, 6.45) is 0. The number of carbonyl (C=O) groups excluding carboxylic acids is 3. The maximum absolute atomic E-state index is 11.3. The van der Waals surface area contributed by atoms with Gasteiger partial charge in [-0.15, -0.1) is 0 Å². The molecule has 312 valence electrons. The van der Waals surface area contributed by atoms with Gasteiger partial charge < -0.3 is 81.9 Å². The summed E-state index contributed by atoms with van der Waals surface area (Å²) >= 11 is 0. The summed E-state index contributed by atoms with van der Waals surface area (Å²) in [7, 11) is 0. The molecule has 6 aromatic rings. The van der Waals surface area contributed by atoms with Gasteiger partial charge in [-0.2, -0.15) is 0 Å². The van der Waals surface area contributed by atoms with Crippen molar-refractivity contribution in [2.75, 3.05) is 0 Å². The summed E-state index contributed by atoms with van der Waals surface area (Å²) in [6, 6.07) is 49.3. The normalized spacial score (nSPS) is 9.78. The van der Waals surface area contributed by atoms with Crippen molar-refractivity contribution < 1.29 is 61.8 Å². The second-order valence-corrected chi connectivity index (χ2v) is 11.2. The van der Waals surface area contributed by atoms with Crippen LogP contribution >= 0.6 is 0 Å². The van der Waals surface area contributed by atoms with Crippen LogP contribution in [0.1, 0.15) is 33.4 Å². The zero-order valence-corrected chi connectivity index (χ0v) is 32.7. The Labute approximate surface area is 347 Å². The molecule has 0 heterocycles. The second-order valence-electron chi connectivity index (χ2n) is 11.2. The van der Waals surface area contributed by atoms with Gasteiger partial charge in [-0.25, -0.2) is 0 Å². The van der Waals surface area contributed by atoms with Crippen LogP contribution < -0.4 is 52.2 Å². The smallest absolute Gasteiger partial charge is 0.546 e. The van der Waals surface area contributed by atoms with Gasteiger partial charge in [0.1, 0.15) is 0 Å². The average Bonchev–Trinajstić information content (AvgIpc) is 3.19. The van der Waals surface area contributed by atoms with E-state index in [9.17, 15) is 45.0 Å². The first-order chi connectivity index (χ1) is 24.5. The molecule has 0 aromatic heterocycles. The fraction of sp³-hybridized carbons (Fsp3) is 0.0714. The quantitative estimate of drug-likeness (QED) is 0.101.